The van der Waals surface area contributed by atoms with E-state index in [1.807, 2.05) is 4.90 Å². The maximum absolute atomic E-state index is 11.3. The van der Waals surface area contributed by atoms with Crippen LogP contribution in [-0.2, 0) is 4.79 Å². The first-order chi connectivity index (χ1) is 6.65. The molecule has 2 fully saturated rings. The predicted molar refractivity (Wildman–Crippen MR) is 64.0 cm³/mol. The quantitative estimate of drug-likeness (QED) is 0.416. The Labute approximate surface area is 98.6 Å². The van der Waals surface area contributed by atoms with E-state index in [9.17, 15) is 4.79 Å². The number of carbonyl (C=O) groups excluding carboxylic acids is 1. The van der Waals surface area contributed by atoms with Gasteiger partial charge >= 0.3 is 0 Å². The monoisotopic (exact) mass is 306 g/mol. The lowest BCUT2D eigenvalue weighted by molar-refractivity contribution is -0.140. The maximum Gasteiger partial charge on any atom is 0.245 e. The van der Waals surface area contributed by atoms with Gasteiger partial charge in [-0.1, -0.05) is 6.58 Å². The van der Waals surface area contributed by atoms with Crippen molar-refractivity contribution in [3.8, 4) is 0 Å². The van der Waals surface area contributed by atoms with E-state index < -0.39 is 0 Å². The number of halogens is 1. The SMILES string of the molecule is C=CC(=O)N1CC2(CCN(I)CC2)C1. The van der Waals surface area contributed by atoms with Crippen molar-refractivity contribution in [2.45, 2.75) is 12.8 Å². The summed E-state index contributed by atoms with van der Waals surface area (Å²) in [5.41, 5.74) is 0.445. The molecular formula is C10H15IN2O. The molecule has 2 aliphatic heterocycles. The molecule has 0 aliphatic carbocycles. The van der Waals surface area contributed by atoms with Crippen LogP contribution in [0, 0.1) is 5.41 Å². The molecule has 2 rings (SSSR count). The van der Waals surface area contributed by atoms with Crippen LogP contribution in [0.3, 0.4) is 0 Å². The maximum atomic E-state index is 11.3. The molecule has 14 heavy (non-hydrogen) atoms. The third kappa shape index (κ3) is 1.82. The number of piperidine rings is 1. The lowest BCUT2D eigenvalue weighted by Crippen LogP contribution is -2.60. The Morgan fingerprint density at radius 1 is 1.36 bits per heavy atom. The minimum Gasteiger partial charge on any atom is -0.338 e. The summed E-state index contributed by atoms with van der Waals surface area (Å²) in [5.74, 6) is 0.0903. The number of likely N-dealkylation sites (tertiary alicyclic amines) is 1. The largest absolute Gasteiger partial charge is 0.338 e. The molecule has 0 atom stereocenters. The van der Waals surface area contributed by atoms with E-state index in [2.05, 4.69) is 32.6 Å². The Kier molecular flexibility index (Phi) is 2.83. The lowest BCUT2D eigenvalue weighted by atomic mass is 9.72. The molecule has 2 heterocycles. The molecule has 0 aromatic rings. The van der Waals surface area contributed by atoms with Crippen LogP contribution in [0.25, 0.3) is 0 Å². The molecule has 2 aliphatic rings. The van der Waals surface area contributed by atoms with Crippen LogP contribution in [0.15, 0.2) is 12.7 Å². The van der Waals surface area contributed by atoms with Crippen LogP contribution in [0.5, 0.6) is 0 Å². The minimum absolute atomic E-state index is 0.0903. The second kappa shape index (κ2) is 3.81. The molecule has 0 saturated carbocycles. The van der Waals surface area contributed by atoms with Gasteiger partial charge in [0.15, 0.2) is 0 Å². The standard InChI is InChI=1S/C10H15IN2O/c1-2-9(14)12-7-10(8-12)3-5-13(11)6-4-10/h2H,1,3-8H2. The van der Waals surface area contributed by atoms with Crippen LogP contribution < -0.4 is 0 Å². The van der Waals surface area contributed by atoms with Gasteiger partial charge in [0, 0.05) is 54.5 Å². The summed E-state index contributed by atoms with van der Waals surface area (Å²) >= 11 is 2.38. The highest BCUT2D eigenvalue weighted by Gasteiger charge is 2.45. The van der Waals surface area contributed by atoms with Gasteiger partial charge in [-0.15, -0.1) is 0 Å². The smallest absolute Gasteiger partial charge is 0.245 e. The van der Waals surface area contributed by atoms with Gasteiger partial charge < -0.3 is 4.90 Å². The van der Waals surface area contributed by atoms with Crippen molar-refractivity contribution in [3.05, 3.63) is 12.7 Å². The van der Waals surface area contributed by atoms with Crippen LogP contribution >= 0.6 is 22.9 Å². The van der Waals surface area contributed by atoms with E-state index in [0.717, 1.165) is 26.2 Å². The van der Waals surface area contributed by atoms with Gasteiger partial charge in [-0.05, 0) is 18.9 Å². The van der Waals surface area contributed by atoms with E-state index in [1.165, 1.54) is 18.9 Å². The zero-order chi connectivity index (χ0) is 10.2. The van der Waals surface area contributed by atoms with Gasteiger partial charge in [-0.25, -0.2) is 3.11 Å². The van der Waals surface area contributed by atoms with E-state index in [0.29, 0.717) is 5.41 Å². The van der Waals surface area contributed by atoms with E-state index in [-0.39, 0.29) is 5.91 Å². The van der Waals surface area contributed by atoms with Gasteiger partial charge in [-0.2, -0.15) is 0 Å². The Bertz CT molecular complexity index is 251. The van der Waals surface area contributed by atoms with E-state index >= 15 is 0 Å². The molecule has 0 radical (unpaired) electrons. The summed E-state index contributed by atoms with van der Waals surface area (Å²) in [5, 5.41) is 0. The Morgan fingerprint density at radius 2 is 1.93 bits per heavy atom. The molecule has 4 heteroatoms. The van der Waals surface area contributed by atoms with Crippen molar-refractivity contribution in [2.24, 2.45) is 5.41 Å². The molecule has 0 unspecified atom stereocenters. The van der Waals surface area contributed by atoms with Gasteiger partial charge in [0.1, 0.15) is 0 Å². The fourth-order valence-corrected chi connectivity index (χ4v) is 2.80. The summed E-state index contributed by atoms with van der Waals surface area (Å²) in [7, 11) is 0. The van der Waals surface area contributed by atoms with Crippen molar-refractivity contribution in [1.82, 2.24) is 8.01 Å². The highest BCUT2D eigenvalue weighted by Crippen LogP contribution is 2.40. The van der Waals surface area contributed by atoms with Crippen LogP contribution in [0.4, 0.5) is 0 Å². The van der Waals surface area contributed by atoms with Crippen LogP contribution in [-0.4, -0.2) is 40.1 Å². The molecule has 0 bridgehead atoms. The number of carbonyl (C=O) groups is 1. The lowest BCUT2D eigenvalue weighted by Gasteiger charge is -2.53. The molecule has 3 nitrogen and oxygen atoms in total. The van der Waals surface area contributed by atoms with Crippen LogP contribution in [0.2, 0.25) is 0 Å². The predicted octanol–water partition coefficient (Wildman–Crippen LogP) is 1.45. The van der Waals surface area contributed by atoms with Crippen molar-refractivity contribution in [1.29, 1.82) is 0 Å². The van der Waals surface area contributed by atoms with E-state index in [1.54, 1.807) is 0 Å². The second-order valence-corrected chi connectivity index (χ2v) is 5.67. The highest BCUT2D eigenvalue weighted by molar-refractivity contribution is 14.1. The normalized spacial score (nSPS) is 25.9. The molecule has 0 N–H and O–H groups in total. The van der Waals surface area contributed by atoms with Crippen LogP contribution in [0.1, 0.15) is 12.8 Å². The van der Waals surface area contributed by atoms with Gasteiger partial charge in [0.05, 0.1) is 0 Å². The van der Waals surface area contributed by atoms with Crippen molar-refractivity contribution < 1.29 is 4.79 Å². The summed E-state index contributed by atoms with van der Waals surface area (Å²) in [4.78, 5) is 13.2. The first-order valence-corrected chi connectivity index (χ1v) is 5.94. The summed E-state index contributed by atoms with van der Waals surface area (Å²) in [6.45, 7) is 7.73. The Hall–Kier alpha value is -0.100. The molecule has 1 amide bonds. The molecule has 78 valence electrons. The van der Waals surface area contributed by atoms with Gasteiger partial charge in [0.2, 0.25) is 5.91 Å². The zero-order valence-corrected chi connectivity index (χ0v) is 10.4. The molecule has 0 aromatic heterocycles. The minimum atomic E-state index is 0.0903. The third-order valence-electron chi connectivity index (χ3n) is 3.31. The number of nitrogens with zero attached hydrogens (tertiary/aromatic N) is 2. The number of hydrogen-bond donors (Lipinski definition) is 0. The number of rotatable bonds is 1. The summed E-state index contributed by atoms with van der Waals surface area (Å²) in [6.07, 6.45) is 3.88. The number of hydrogen-bond acceptors (Lipinski definition) is 2. The molecule has 1 spiro atoms. The Balaban J connectivity index is 1.86. The fourth-order valence-electron chi connectivity index (χ4n) is 2.32. The van der Waals surface area contributed by atoms with Gasteiger partial charge in [0.25, 0.3) is 0 Å². The Morgan fingerprint density at radius 3 is 2.43 bits per heavy atom. The summed E-state index contributed by atoms with van der Waals surface area (Å²) < 4.78 is 2.33. The zero-order valence-electron chi connectivity index (χ0n) is 8.21. The van der Waals surface area contributed by atoms with Crippen molar-refractivity contribution in [2.75, 3.05) is 26.2 Å². The van der Waals surface area contributed by atoms with Crippen molar-refractivity contribution >= 4 is 28.8 Å². The topological polar surface area (TPSA) is 23.6 Å². The number of amides is 1. The molecular weight excluding hydrogens is 291 g/mol. The van der Waals surface area contributed by atoms with Gasteiger partial charge in [-0.3, -0.25) is 4.79 Å². The third-order valence-corrected chi connectivity index (χ3v) is 4.27. The highest BCUT2D eigenvalue weighted by atomic mass is 127. The second-order valence-electron chi connectivity index (χ2n) is 4.31. The van der Waals surface area contributed by atoms with E-state index in [4.69, 9.17) is 0 Å². The average molecular weight is 306 g/mol. The first-order valence-electron chi connectivity index (χ1n) is 4.97. The first kappa shape index (κ1) is 10.4. The van der Waals surface area contributed by atoms with Crippen molar-refractivity contribution in [3.63, 3.8) is 0 Å². The fraction of sp³-hybridized carbons (Fsp3) is 0.700. The summed E-state index contributed by atoms with van der Waals surface area (Å²) in [6, 6.07) is 0. The molecule has 2 saturated heterocycles. The average Bonchev–Trinajstić information content (AvgIpc) is 2.15. The molecule has 0 aromatic carbocycles.